The summed E-state index contributed by atoms with van der Waals surface area (Å²) in [6.45, 7) is 42.8. The van der Waals surface area contributed by atoms with Gasteiger partial charge in [0.25, 0.3) is 8.32 Å². The van der Waals surface area contributed by atoms with Crippen LogP contribution in [0.2, 0.25) is 39.8 Å². The molecule has 3 rings (SSSR count). The number of hydrogen-bond acceptors (Lipinski definition) is 6. The predicted octanol–water partition coefficient (Wildman–Crippen LogP) is 13.5. The summed E-state index contributed by atoms with van der Waals surface area (Å²) < 4.78 is 35.0. The maximum absolute atomic E-state index is 13.2. The van der Waals surface area contributed by atoms with Crippen molar-refractivity contribution in [3.8, 4) is 0 Å². The zero-order valence-corrected chi connectivity index (χ0v) is 44.7. The van der Waals surface area contributed by atoms with E-state index >= 15 is 0 Å². The molecule has 0 N–H and O–H groups in total. The van der Waals surface area contributed by atoms with Gasteiger partial charge in [-0.05, 0) is 103 Å². The zero-order valence-electron chi connectivity index (χ0n) is 41.7. The molecule has 1 fully saturated rings. The van der Waals surface area contributed by atoms with E-state index in [0.717, 1.165) is 32.1 Å². The molecule has 0 aromatic heterocycles. The fourth-order valence-electron chi connectivity index (χ4n) is 9.53. The molecule has 0 bridgehead atoms. The van der Waals surface area contributed by atoms with Crippen LogP contribution < -0.4 is 10.4 Å². The van der Waals surface area contributed by atoms with Crippen LogP contribution in [-0.2, 0) is 27.5 Å². The first-order chi connectivity index (χ1) is 27.6. The quantitative estimate of drug-likeness (QED) is 0.0750. The molecule has 2 aromatic carbocycles. The number of rotatable bonds is 20. The highest BCUT2D eigenvalue weighted by Gasteiger charge is 2.55. The summed E-state index contributed by atoms with van der Waals surface area (Å²) in [7, 11) is -7.27. The Labute approximate surface area is 371 Å². The van der Waals surface area contributed by atoms with Crippen molar-refractivity contribution in [2.24, 2.45) is 5.92 Å². The van der Waals surface area contributed by atoms with E-state index in [1.165, 1.54) is 15.9 Å². The molecule has 1 saturated heterocycles. The Morgan fingerprint density at radius 1 is 0.767 bits per heavy atom. The minimum Gasteiger partial charge on any atom is -0.460 e. The van der Waals surface area contributed by atoms with E-state index in [9.17, 15) is 4.79 Å². The van der Waals surface area contributed by atoms with Crippen molar-refractivity contribution in [1.29, 1.82) is 0 Å². The van der Waals surface area contributed by atoms with Crippen LogP contribution >= 0.6 is 0 Å². The summed E-state index contributed by atoms with van der Waals surface area (Å²) in [5.41, 5.74) is 2.01. The molecule has 0 spiro atoms. The lowest BCUT2D eigenvalue weighted by Crippen LogP contribution is -2.68. The Kier molecular flexibility index (Phi) is 18.6. The second kappa shape index (κ2) is 21.2. The van der Waals surface area contributed by atoms with Crippen LogP contribution in [-0.4, -0.2) is 61.1 Å². The van der Waals surface area contributed by atoms with Crippen molar-refractivity contribution < 1.29 is 27.5 Å². The lowest BCUT2D eigenvalue weighted by molar-refractivity contribution is -0.156. The third-order valence-electron chi connectivity index (χ3n) is 13.3. The van der Waals surface area contributed by atoms with Gasteiger partial charge in [0.2, 0.25) is 8.32 Å². The molecule has 340 valence electrons. The van der Waals surface area contributed by atoms with Gasteiger partial charge in [-0.2, -0.15) is 0 Å². The number of allylic oxidation sites excluding steroid dienone is 1. The number of carbonyl (C=O) groups is 1. The molecule has 5 atom stereocenters. The number of esters is 1. The van der Waals surface area contributed by atoms with Crippen molar-refractivity contribution in [1.82, 2.24) is 0 Å². The Morgan fingerprint density at radius 3 is 1.70 bits per heavy atom. The van der Waals surface area contributed by atoms with Gasteiger partial charge in [0.1, 0.15) is 5.60 Å². The molecular weight excluding hydrogens is 793 g/mol. The van der Waals surface area contributed by atoms with Crippen LogP contribution in [0, 0.1) is 5.92 Å². The summed E-state index contributed by atoms with van der Waals surface area (Å²) in [4.78, 5) is 13.2. The van der Waals surface area contributed by atoms with Gasteiger partial charge >= 0.3 is 5.97 Å². The highest BCUT2D eigenvalue weighted by Crippen LogP contribution is 2.45. The van der Waals surface area contributed by atoms with E-state index in [1.807, 2.05) is 20.8 Å². The van der Waals surface area contributed by atoms with Crippen LogP contribution in [0.4, 0.5) is 0 Å². The molecule has 9 heteroatoms. The van der Waals surface area contributed by atoms with Gasteiger partial charge in [-0.15, -0.1) is 0 Å². The molecule has 1 aliphatic rings. The van der Waals surface area contributed by atoms with Crippen molar-refractivity contribution in [3.05, 3.63) is 72.3 Å². The van der Waals surface area contributed by atoms with Crippen molar-refractivity contribution in [2.75, 3.05) is 0 Å². The smallest absolute Gasteiger partial charge is 0.309 e. The van der Waals surface area contributed by atoms with Gasteiger partial charge in [-0.25, -0.2) is 0 Å². The van der Waals surface area contributed by atoms with Crippen LogP contribution in [0.3, 0.4) is 0 Å². The minimum atomic E-state index is -2.88. The zero-order chi connectivity index (χ0) is 45.5. The molecule has 0 radical (unpaired) electrons. The molecule has 6 nitrogen and oxygen atoms in total. The normalized spacial score (nSPS) is 20.0. The van der Waals surface area contributed by atoms with Gasteiger partial charge in [0.15, 0.2) is 14.6 Å². The summed E-state index contributed by atoms with van der Waals surface area (Å²) in [6, 6.07) is 21.8. The molecule has 0 amide bonds. The fraction of sp³-hybridized carbons (Fsp3) is 0.706. The number of ether oxygens (including phenoxy) is 2. The SMILES string of the molecule is C/C(=C/[C@@H](CC(=O)OC(C)(C)C)O[Si](C(C)C)(C(C)C)C(C)C)CCC[C@H](C)CC1CC(O[Si](C)(C)C(C)(C)C)C(O[Si](c2ccccc2)(c2ccccc2)C(C)(C)C)O1. The van der Waals surface area contributed by atoms with Crippen LogP contribution in [0.5, 0.6) is 0 Å². The molecule has 2 aromatic rings. The minimum absolute atomic E-state index is 0.0439. The highest BCUT2D eigenvalue weighted by atomic mass is 28.4. The summed E-state index contributed by atoms with van der Waals surface area (Å²) >= 11 is 0. The Hall–Kier alpha value is -1.86. The first kappa shape index (κ1) is 52.5. The molecule has 0 saturated carbocycles. The average molecular weight is 882 g/mol. The highest BCUT2D eigenvalue weighted by molar-refractivity contribution is 6.99. The monoisotopic (exact) mass is 881 g/mol. The maximum atomic E-state index is 13.2. The number of carbonyl (C=O) groups excluding carboxylic acids is 1. The summed E-state index contributed by atoms with van der Waals surface area (Å²) in [5, 5.41) is 2.40. The molecule has 3 unspecified atom stereocenters. The average Bonchev–Trinajstić information content (AvgIpc) is 3.46. The van der Waals surface area contributed by atoms with Gasteiger partial charge in [0.05, 0.1) is 24.7 Å². The summed E-state index contributed by atoms with van der Waals surface area (Å²) in [5.74, 6) is 0.258. The van der Waals surface area contributed by atoms with E-state index in [-0.39, 0.29) is 40.8 Å². The lowest BCUT2D eigenvalue weighted by atomic mass is 9.94. The molecule has 1 aliphatic heterocycles. The Morgan fingerprint density at radius 2 is 1.27 bits per heavy atom. The second-order valence-electron chi connectivity index (χ2n) is 22.6. The molecule has 0 aliphatic carbocycles. The Balaban J connectivity index is 1.85. The maximum Gasteiger partial charge on any atom is 0.309 e. The Bertz CT molecular complexity index is 1570. The van der Waals surface area contributed by atoms with Gasteiger partial charge < -0.3 is 22.8 Å². The van der Waals surface area contributed by atoms with Crippen molar-refractivity contribution in [2.45, 2.75) is 226 Å². The number of hydrogen-bond donors (Lipinski definition) is 0. The third kappa shape index (κ3) is 13.6. The van der Waals surface area contributed by atoms with E-state index in [0.29, 0.717) is 22.5 Å². The van der Waals surface area contributed by atoms with Gasteiger partial charge in [-0.3, -0.25) is 4.79 Å². The van der Waals surface area contributed by atoms with Gasteiger partial charge in [0, 0.05) is 6.42 Å². The molecule has 60 heavy (non-hydrogen) atoms. The topological polar surface area (TPSA) is 63.2 Å². The number of benzene rings is 2. The van der Waals surface area contributed by atoms with Crippen LogP contribution in [0.15, 0.2) is 72.3 Å². The second-order valence-corrected chi connectivity index (χ2v) is 37.0. The van der Waals surface area contributed by atoms with Gasteiger partial charge in [-0.1, -0.05) is 169 Å². The lowest BCUT2D eigenvalue weighted by Gasteiger charge is -2.46. The van der Waals surface area contributed by atoms with E-state index in [4.69, 9.17) is 22.8 Å². The van der Waals surface area contributed by atoms with E-state index < -0.39 is 36.8 Å². The standard InChI is InChI=1S/C51H88O6Si3/c1-37(2)59(38(3)4,39(5)6)55-43(36-47(52)54-49(9,10)11)34-41(8)28-26-27-40(7)33-42-35-46(56-58(18,19)50(12,13)14)48(53-42)57-60(51(15,16)17,44-29-22-20-23-30-44)45-31-24-21-25-32-45/h20-25,29-32,34,37-40,42-43,46,48H,26-28,33,35-36H2,1-19H3/b41-34-/t40-,42?,43-,46?,48?/m0/s1. The first-order valence-corrected chi connectivity index (χ1v) is 30.2. The largest absolute Gasteiger partial charge is 0.460 e. The molecule has 1 heterocycles. The van der Waals surface area contributed by atoms with Crippen LogP contribution in [0.25, 0.3) is 0 Å². The van der Waals surface area contributed by atoms with E-state index in [2.05, 4.69) is 177 Å². The fourth-order valence-corrected chi connectivity index (χ4v) is 20.9. The predicted molar refractivity (Wildman–Crippen MR) is 262 cm³/mol. The van der Waals surface area contributed by atoms with Crippen LogP contribution in [0.1, 0.15) is 156 Å². The van der Waals surface area contributed by atoms with E-state index in [1.54, 1.807) is 0 Å². The van der Waals surface area contributed by atoms with Crippen molar-refractivity contribution >= 4 is 41.3 Å². The van der Waals surface area contributed by atoms with Crippen molar-refractivity contribution in [3.63, 3.8) is 0 Å². The third-order valence-corrected chi connectivity index (χ3v) is 29.0. The molecular formula is C51H88O6Si3. The first-order valence-electron chi connectivity index (χ1n) is 23.2. The summed E-state index contributed by atoms with van der Waals surface area (Å²) in [6.07, 6.45) is 6.49.